The predicted octanol–water partition coefficient (Wildman–Crippen LogP) is 0.308. The molecule has 0 bridgehead atoms. The van der Waals surface area contributed by atoms with Crippen molar-refractivity contribution in [2.75, 3.05) is 11.9 Å². The molecule has 4 rings (SSSR count). The van der Waals surface area contributed by atoms with Gasteiger partial charge in [-0.3, -0.25) is 4.79 Å². The van der Waals surface area contributed by atoms with Gasteiger partial charge in [-0.2, -0.15) is 4.31 Å². The van der Waals surface area contributed by atoms with E-state index in [0.29, 0.717) is 28.4 Å². The third-order valence-electron chi connectivity index (χ3n) is 4.56. The SMILES string of the molecule is O=C1Nc2ccc(S(=O)(=O)N3CCC[C@H]3C(=O)[O-])c3cccc1c23. The molecule has 1 atom stereocenters. The number of nitrogens with zero attached hydrogens (tertiary/aromatic N) is 1. The van der Waals surface area contributed by atoms with E-state index < -0.39 is 22.0 Å². The van der Waals surface area contributed by atoms with Gasteiger partial charge in [0, 0.05) is 28.6 Å². The van der Waals surface area contributed by atoms with Gasteiger partial charge in [-0.05, 0) is 31.0 Å². The molecule has 0 aliphatic carbocycles. The minimum Gasteiger partial charge on any atom is -0.548 e. The number of nitrogens with one attached hydrogen (secondary N) is 1. The summed E-state index contributed by atoms with van der Waals surface area (Å²) in [4.78, 5) is 23.2. The number of carbonyl (C=O) groups excluding carboxylic acids is 2. The monoisotopic (exact) mass is 345 g/mol. The average Bonchev–Trinajstić information content (AvgIpc) is 3.15. The summed E-state index contributed by atoms with van der Waals surface area (Å²) in [5.74, 6) is -1.67. The lowest BCUT2D eigenvalue weighted by molar-refractivity contribution is -0.309. The first-order valence-electron chi connectivity index (χ1n) is 7.51. The topological polar surface area (TPSA) is 107 Å². The van der Waals surface area contributed by atoms with Crippen LogP contribution < -0.4 is 10.4 Å². The zero-order chi connectivity index (χ0) is 17.1. The molecular formula is C16H13N2O5S-. The lowest BCUT2D eigenvalue weighted by Gasteiger charge is -2.25. The Kier molecular flexibility index (Phi) is 3.16. The largest absolute Gasteiger partial charge is 0.548 e. The van der Waals surface area contributed by atoms with Gasteiger partial charge in [0.1, 0.15) is 0 Å². The van der Waals surface area contributed by atoms with Crippen molar-refractivity contribution < 1.29 is 23.1 Å². The van der Waals surface area contributed by atoms with E-state index >= 15 is 0 Å². The maximum atomic E-state index is 13.0. The Bertz CT molecular complexity index is 999. The van der Waals surface area contributed by atoms with Crippen LogP contribution in [-0.2, 0) is 14.8 Å². The van der Waals surface area contributed by atoms with E-state index in [4.69, 9.17) is 0 Å². The molecule has 2 aromatic rings. The van der Waals surface area contributed by atoms with Gasteiger partial charge in [-0.1, -0.05) is 12.1 Å². The van der Waals surface area contributed by atoms with Crippen LogP contribution in [0.3, 0.4) is 0 Å². The Morgan fingerprint density at radius 2 is 2.04 bits per heavy atom. The van der Waals surface area contributed by atoms with Gasteiger partial charge in [0.05, 0.1) is 16.9 Å². The third kappa shape index (κ3) is 1.96. The molecule has 1 saturated heterocycles. The number of hydrogen-bond donors (Lipinski definition) is 1. The van der Waals surface area contributed by atoms with Crippen molar-refractivity contribution in [1.29, 1.82) is 0 Å². The van der Waals surface area contributed by atoms with E-state index in [1.807, 2.05) is 0 Å². The van der Waals surface area contributed by atoms with Crippen molar-refractivity contribution in [2.24, 2.45) is 0 Å². The van der Waals surface area contributed by atoms with Crippen molar-refractivity contribution in [2.45, 2.75) is 23.8 Å². The fraction of sp³-hybridized carbons (Fsp3) is 0.250. The van der Waals surface area contributed by atoms with Crippen LogP contribution in [0, 0.1) is 0 Å². The van der Waals surface area contributed by atoms with Gasteiger partial charge >= 0.3 is 0 Å². The molecule has 0 spiro atoms. The van der Waals surface area contributed by atoms with E-state index in [1.54, 1.807) is 18.2 Å². The minimum absolute atomic E-state index is 0.00718. The van der Waals surface area contributed by atoms with Gasteiger partial charge in [-0.25, -0.2) is 8.42 Å². The Morgan fingerprint density at radius 1 is 1.25 bits per heavy atom. The number of hydrogen-bond acceptors (Lipinski definition) is 5. The average molecular weight is 345 g/mol. The van der Waals surface area contributed by atoms with Crippen LogP contribution in [0.2, 0.25) is 0 Å². The number of carboxylic acid groups (broad SMARTS) is 1. The Balaban J connectivity index is 1.93. The molecule has 7 nitrogen and oxygen atoms in total. The fourth-order valence-corrected chi connectivity index (χ4v) is 5.31. The molecule has 1 N–H and O–H groups in total. The summed E-state index contributed by atoms with van der Waals surface area (Å²) in [6, 6.07) is 6.66. The Hall–Kier alpha value is -2.45. The zero-order valence-electron chi connectivity index (χ0n) is 12.5. The van der Waals surface area contributed by atoms with Crippen molar-refractivity contribution >= 4 is 38.4 Å². The number of carboxylic acids is 1. The highest BCUT2D eigenvalue weighted by atomic mass is 32.2. The van der Waals surface area contributed by atoms with Gasteiger partial charge in [0.15, 0.2) is 0 Å². The van der Waals surface area contributed by atoms with Crippen LogP contribution in [0.5, 0.6) is 0 Å². The zero-order valence-corrected chi connectivity index (χ0v) is 13.3. The summed E-state index contributed by atoms with van der Waals surface area (Å²) in [6.07, 6.45) is 0.710. The molecule has 2 heterocycles. The number of anilines is 1. The molecule has 1 fully saturated rings. The molecule has 2 aliphatic heterocycles. The number of amides is 1. The lowest BCUT2D eigenvalue weighted by atomic mass is 10.1. The molecular weight excluding hydrogens is 332 g/mol. The van der Waals surface area contributed by atoms with Gasteiger partial charge in [-0.15, -0.1) is 0 Å². The van der Waals surface area contributed by atoms with Crippen molar-refractivity contribution in [1.82, 2.24) is 4.31 Å². The minimum atomic E-state index is -4.01. The molecule has 2 aliphatic rings. The highest BCUT2D eigenvalue weighted by Gasteiger charge is 2.37. The summed E-state index contributed by atoms with van der Waals surface area (Å²) in [7, 11) is -4.01. The molecule has 0 unspecified atom stereocenters. The van der Waals surface area contributed by atoms with Crippen molar-refractivity contribution in [3.05, 3.63) is 35.9 Å². The number of rotatable bonds is 3. The van der Waals surface area contributed by atoms with Crippen LogP contribution in [0.4, 0.5) is 5.69 Å². The smallest absolute Gasteiger partial charge is 0.256 e. The number of carbonyl (C=O) groups is 2. The van der Waals surface area contributed by atoms with Crippen molar-refractivity contribution in [3.63, 3.8) is 0 Å². The number of aliphatic carboxylic acids is 1. The summed E-state index contributed by atoms with van der Waals surface area (Å²) in [5.41, 5.74) is 0.972. The highest BCUT2D eigenvalue weighted by molar-refractivity contribution is 7.89. The molecule has 8 heteroatoms. The van der Waals surface area contributed by atoms with Gasteiger partial charge in [0.2, 0.25) is 10.0 Å². The third-order valence-corrected chi connectivity index (χ3v) is 6.52. The Morgan fingerprint density at radius 3 is 2.79 bits per heavy atom. The molecule has 124 valence electrons. The van der Waals surface area contributed by atoms with E-state index in [0.717, 1.165) is 4.31 Å². The first-order chi connectivity index (χ1) is 11.4. The van der Waals surface area contributed by atoms with Crippen LogP contribution in [-0.4, -0.2) is 37.2 Å². The molecule has 0 radical (unpaired) electrons. The maximum Gasteiger partial charge on any atom is 0.256 e. The van der Waals surface area contributed by atoms with Gasteiger partial charge < -0.3 is 15.2 Å². The second kappa shape index (κ2) is 5.02. The quantitative estimate of drug-likeness (QED) is 0.861. The fourth-order valence-electron chi connectivity index (χ4n) is 3.48. The normalized spacial score (nSPS) is 20.5. The summed E-state index contributed by atoms with van der Waals surface area (Å²) < 4.78 is 27.0. The van der Waals surface area contributed by atoms with E-state index in [9.17, 15) is 23.1 Å². The Labute approximate surface area is 137 Å². The second-order valence-corrected chi connectivity index (χ2v) is 7.75. The maximum absolute atomic E-state index is 13.0. The number of sulfonamides is 1. The lowest BCUT2D eigenvalue weighted by Crippen LogP contribution is -2.46. The first kappa shape index (κ1) is 15.1. The molecule has 1 amide bonds. The highest BCUT2D eigenvalue weighted by Crippen LogP contribution is 2.38. The van der Waals surface area contributed by atoms with E-state index in [2.05, 4.69) is 5.32 Å². The molecule has 2 aromatic carbocycles. The van der Waals surface area contributed by atoms with Crippen LogP contribution in [0.1, 0.15) is 23.2 Å². The summed E-state index contributed by atoms with van der Waals surface area (Å²) in [6.45, 7) is 0.140. The van der Waals surface area contributed by atoms with E-state index in [-0.39, 0.29) is 23.8 Å². The summed E-state index contributed by atoms with van der Waals surface area (Å²) in [5, 5.41) is 14.9. The van der Waals surface area contributed by atoms with Crippen LogP contribution >= 0.6 is 0 Å². The standard InChI is InChI=1S/C16H14N2O5S/c19-15-10-4-1-3-9-13(7-6-11(17-15)14(9)10)24(22,23)18-8-2-5-12(18)16(20)21/h1,3-4,6-7,12H,2,5,8H2,(H,17,19)(H,20,21)/p-1/t12-/m0/s1. The van der Waals surface area contributed by atoms with Crippen LogP contribution in [0.15, 0.2) is 35.2 Å². The number of benzene rings is 2. The molecule has 0 saturated carbocycles. The second-order valence-electron chi connectivity index (χ2n) is 5.89. The van der Waals surface area contributed by atoms with Crippen molar-refractivity contribution in [3.8, 4) is 0 Å². The first-order valence-corrected chi connectivity index (χ1v) is 8.95. The van der Waals surface area contributed by atoms with Gasteiger partial charge in [0.25, 0.3) is 5.91 Å². The molecule has 24 heavy (non-hydrogen) atoms. The van der Waals surface area contributed by atoms with E-state index in [1.165, 1.54) is 12.1 Å². The summed E-state index contributed by atoms with van der Waals surface area (Å²) >= 11 is 0. The predicted molar refractivity (Wildman–Crippen MR) is 83.8 cm³/mol. The molecule has 0 aromatic heterocycles. The van der Waals surface area contributed by atoms with Crippen LogP contribution in [0.25, 0.3) is 10.8 Å².